The summed E-state index contributed by atoms with van der Waals surface area (Å²) in [5.41, 5.74) is 1.63. The summed E-state index contributed by atoms with van der Waals surface area (Å²) in [5.74, 6) is 0. The maximum Gasteiger partial charge on any atom is 2.00 e. The summed E-state index contributed by atoms with van der Waals surface area (Å²) in [7, 11) is -0.903. The van der Waals surface area contributed by atoms with Gasteiger partial charge in [0.25, 0.3) is 0 Å². The first-order chi connectivity index (χ1) is 19.5. The van der Waals surface area contributed by atoms with E-state index in [0.29, 0.717) is 0 Å². The van der Waals surface area contributed by atoms with E-state index in [1.165, 1.54) is 37.4 Å². The van der Waals surface area contributed by atoms with Crippen LogP contribution in [0.25, 0.3) is 0 Å². The maximum absolute atomic E-state index is 2.31. The average molecular weight is 610 g/mol. The molecule has 0 aliphatic carbocycles. The fourth-order valence-corrected chi connectivity index (χ4v) is 9.92. The van der Waals surface area contributed by atoms with Crippen LogP contribution in [0.1, 0.15) is 26.3 Å². The van der Waals surface area contributed by atoms with Crippen molar-refractivity contribution >= 4 is 47.7 Å². The van der Waals surface area contributed by atoms with Crippen molar-refractivity contribution in [3.8, 4) is 0 Å². The van der Waals surface area contributed by atoms with Gasteiger partial charge in [0, 0.05) is 0 Å². The fourth-order valence-electron chi connectivity index (χ4n) is 4.94. The Bertz CT molecular complexity index is 1470. The molecule has 0 radical (unpaired) electrons. The van der Waals surface area contributed by atoms with Gasteiger partial charge in [-0.1, -0.05) is 158 Å². The molecule has 0 atom stereocenters. The van der Waals surface area contributed by atoms with Crippen LogP contribution in [0.15, 0.2) is 164 Å². The van der Waals surface area contributed by atoms with Crippen molar-refractivity contribution in [3.63, 3.8) is 0 Å². The zero-order valence-electron chi connectivity index (χ0n) is 23.8. The second-order valence-corrected chi connectivity index (χ2v) is 15.1. The maximum atomic E-state index is 2.31. The molecule has 0 aliphatic heterocycles. The molecule has 0 heterocycles. The Balaban J connectivity index is 0.000000188. The van der Waals surface area contributed by atoms with Crippen LogP contribution in [0.4, 0.5) is 0 Å². The van der Waals surface area contributed by atoms with Gasteiger partial charge in [-0.25, -0.2) is 24.3 Å². The van der Waals surface area contributed by atoms with E-state index in [2.05, 4.69) is 185 Å². The number of hydrogen-bond donors (Lipinski definition) is 0. The molecule has 0 saturated heterocycles. The van der Waals surface area contributed by atoms with Gasteiger partial charge in [-0.05, 0) is 26.6 Å². The van der Waals surface area contributed by atoms with E-state index >= 15 is 0 Å². The molecular weight excluding hydrogens is 574 g/mol. The molecule has 6 aromatic rings. The minimum Gasteiger partial charge on any atom is -0.213 e. The quantitative estimate of drug-likeness (QED) is 0.103. The molecule has 0 amide bonds. The third-order valence-electron chi connectivity index (χ3n) is 6.80. The zero-order chi connectivity index (χ0) is 27.8. The van der Waals surface area contributed by atoms with Gasteiger partial charge in [-0.2, -0.15) is 23.8 Å². The van der Waals surface area contributed by atoms with Crippen molar-refractivity contribution in [2.24, 2.45) is 0 Å². The van der Waals surface area contributed by atoms with E-state index in [4.69, 9.17) is 0 Å². The monoisotopic (exact) mass is 610 g/mol. The Labute approximate surface area is 259 Å². The smallest absolute Gasteiger partial charge is 0.213 e. The first kappa shape index (κ1) is 30.9. The van der Waals surface area contributed by atoms with E-state index in [1.54, 1.807) is 0 Å². The first-order valence-electron chi connectivity index (χ1n) is 13.8. The van der Waals surface area contributed by atoms with Crippen LogP contribution < -0.4 is 31.8 Å². The van der Waals surface area contributed by atoms with Crippen LogP contribution in [0.2, 0.25) is 0 Å². The van der Waals surface area contributed by atoms with E-state index in [0.717, 1.165) is 0 Å². The van der Waals surface area contributed by atoms with Crippen LogP contribution in [0, 0.1) is 0 Å². The van der Waals surface area contributed by atoms with Gasteiger partial charge in [-0.3, -0.25) is 0 Å². The Morgan fingerprint density at radius 2 is 0.780 bits per heavy atom. The van der Waals surface area contributed by atoms with Crippen LogP contribution >= 0.6 is 15.8 Å². The van der Waals surface area contributed by atoms with E-state index < -0.39 is 15.8 Å². The summed E-state index contributed by atoms with van der Waals surface area (Å²) in [5, 5.41) is 8.55. The van der Waals surface area contributed by atoms with Gasteiger partial charge in [0.1, 0.15) is 0 Å². The number of hydrogen-bond acceptors (Lipinski definition) is 0. The Hall–Kier alpha value is -3.04. The zero-order valence-corrected chi connectivity index (χ0v) is 26.7. The molecule has 206 valence electrons. The third kappa shape index (κ3) is 7.83. The summed E-state index contributed by atoms with van der Waals surface area (Å²) in [4.78, 5) is 0. The van der Waals surface area contributed by atoms with Crippen LogP contribution in [0.3, 0.4) is 0 Å². The minimum atomic E-state index is -0.494. The number of rotatable bonds is 6. The van der Waals surface area contributed by atoms with Gasteiger partial charge in [0.2, 0.25) is 0 Å². The molecule has 0 aromatic heterocycles. The second-order valence-electron chi connectivity index (χ2n) is 10.7. The molecule has 6 aromatic carbocycles. The second kappa shape index (κ2) is 14.7. The molecule has 6 rings (SSSR count). The summed E-state index contributed by atoms with van der Waals surface area (Å²) >= 11 is 0. The molecular formula is C38H36FeP2. The van der Waals surface area contributed by atoms with Gasteiger partial charge in [-0.15, -0.1) is 10.6 Å². The Morgan fingerprint density at radius 3 is 1.15 bits per heavy atom. The normalized spacial score (nSPS) is 11.0. The van der Waals surface area contributed by atoms with Gasteiger partial charge in [0.15, 0.2) is 0 Å². The van der Waals surface area contributed by atoms with Gasteiger partial charge in [0.05, 0.1) is 0 Å². The molecule has 0 saturated carbocycles. The first-order valence-corrected chi connectivity index (χ1v) is 16.5. The van der Waals surface area contributed by atoms with Crippen LogP contribution in [0.5, 0.6) is 0 Å². The summed E-state index contributed by atoms with van der Waals surface area (Å²) in [6.07, 6.45) is 0. The number of benzene rings is 4. The molecule has 0 fully saturated rings. The van der Waals surface area contributed by atoms with E-state index in [-0.39, 0.29) is 22.5 Å². The molecule has 0 N–H and O–H groups in total. The molecule has 0 unspecified atom stereocenters. The predicted octanol–water partition coefficient (Wildman–Crippen LogP) is 7.62. The van der Waals surface area contributed by atoms with E-state index in [9.17, 15) is 0 Å². The molecule has 41 heavy (non-hydrogen) atoms. The van der Waals surface area contributed by atoms with Crippen LogP contribution in [-0.4, -0.2) is 0 Å². The molecule has 0 spiro atoms. The SMILES string of the molecule is CC(C)(C)c1ccc[c-]1P(c1ccccc1)c1ccccc1.[Fe+2].c1ccc(P(c2ccccc2)[c-]2cccc2)cc1. The van der Waals surface area contributed by atoms with Gasteiger partial charge >= 0.3 is 17.1 Å². The largest absolute Gasteiger partial charge is 2.00 e. The Morgan fingerprint density at radius 1 is 0.415 bits per heavy atom. The average Bonchev–Trinajstić information content (AvgIpc) is 3.70. The Kier molecular flexibility index (Phi) is 11.1. The topological polar surface area (TPSA) is 0 Å². The van der Waals surface area contributed by atoms with Crippen LogP contribution in [-0.2, 0) is 22.5 Å². The molecule has 0 bridgehead atoms. The molecule has 3 heteroatoms. The summed E-state index contributed by atoms with van der Waals surface area (Å²) < 4.78 is 0. The summed E-state index contributed by atoms with van der Waals surface area (Å²) in [6, 6.07) is 58.9. The van der Waals surface area contributed by atoms with E-state index in [1.807, 2.05) is 0 Å². The van der Waals surface area contributed by atoms with Crippen molar-refractivity contribution in [2.45, 2.75) is 26.2 Å². The molecule has 0 aliphatic rings. The standard InChI is InChI=1S/C21H22P.C17H14P.Fe/c1-21(2,3)19-15-10-16-20(19)22(17-11-6-4-7-12-17)18-13-8-5-9-14-18;1-3-9-15(10-4-1)18(17-13-7-8-14-17)16-11-5-2-6-12-16;/h4-16H,1-3H3;1-14H;/q2*-1;+2. The predicted molar refractivity (Wildman–Crippen MR) is 180 cm³/mol. The minimum absolute atomic E-state index is 0. The van der Waals surface area contributed by atoms with Crippen molar-refractivity contribution in [3.05, 3.63) is 169 Å². The fraction of sp³-hybridized carbons (Fsp3) is 0.105. The third-order valence-corrected chi connectivity index (χ3v) is 11.7. The van der Waals surface area contributed by atoms with Crippen molar-refractivity contribution < 1.29 is 17.1 Å². The van der Waals surface area contributed by atoms with Gasteiger partial charge < -0.3 is 0 Å². The van der Waals surface area contributed by atoms with Crippen molar-refractivity contribution in [1.29, 1.82) is 0 Å². The molecule has 0 nitrogen and oxygen atoms in total. The van der Waals surface area contributed by atoms with Crippen molar-refractivity contribution in [2.75, 3.05) is 0 Å². The summed E-state index contributed by atoms with van der Waals surface area (Å²) in [6.45, 7) is 6.90. The van der Waals surface area contributed by atoms with Crippen molar-refractivity contribution in [1.82, 2.24) is 0 Å².